The van der Waals surface area contributed by atoms with E-state index in [0.717, 1.165) is 11.0 Å². The summed E-state index contributed by atoms with van der Waals surface area (Å²) in [6.07, 6.45) is 3.92. The van der Waals surface area contributed by atoms with E-state index in [0.29, 0.717) is 18.7 Å². The molecule has 0 bridgehead atoms. The SMILES string of the molecule is Cc1ccccc1C1=CCN(C(=O)c2ccc3c(c2)ncn3C)C1. The first kappa shape index (κ1) is 14.7. The Morgan fingerprint density at radius 1 is 1.17 bits per heavy atom. The van der Waals surface area contributed by atoms with Gasteiger partial charge in [0.15, 0.2) is 0 Å². The topological polar surface area (TPSA) is 38.1 Å². The van der Waals surface area contributed by atoms with Crippen molar-refractivity contribution in [3.8, 4) is 0 Å². The van der Waals surface area contributed by atoms with Crippen LogP contribution in [0.4, 0.5) is 0 Å². The predicted octanol–water partition coefficient (Wildman–Crippen LogP) is 3.42. The van der Waals surface area contributed by atoms with E-state index in [2.05, 4.69) is 30.1 Å². The Labute approximate surface area is 141 Å². The second-order valence-electron chi connectivity index (χ2n) is 6.29. The molecule has 0 spiro atoms. The maximum Gasteiger partial charge on any atom is 0.254 e. The molecule has 0 atom stereocenters. The number of rotatable bonds is 2. The van der Waals surface area contributed by atoms with E-state index in [1.165, 1.54) is 16.7 Å². The summed E-state index contributed by atoms with van der Waals surface area (Å²) in [6.45, 7) is 3.42. The summed E-state index contributed by atoms with van der Waals surface area (Å²) in [7, 11) is 1.95. The van der Waals surface area contributed by atoms with Crippen LogP contribution in [0.1, 0.15) is 21.5 Å². The molecule has 120 valence electrons. The summed E-state index contributed by atoms with van der Waals surface area (Å²) < 4.78 is 1.96. The smallest absolute Gasteiger partial charge is 0.254 e. The van der Waals surface area contributed by atoms with Gasteiger partial charge in [0.2, 0.25) is 0 Å². The van der Waals surface area contributed by atoms with Crippen molar-refractivity contribution >= 4 is 22.5 Å². The minimum Gasteiger partial charge on any atom is -0.334 e. The number of fused-ring (bicyclic) bond motifs is 1. The fraction of sp³-hybridized carbons (Fsp3) is 0.200. The average molecular weight is 317 g/mol. The Bertz CT molecular complexity index is 968. The number of imidazole rings is 1. The van der Waals surface area contributed by atoms with Gasteiger partial charge in [0, 0.05) is 25.7 Å². The lowest BCUT2D eigenvalue weighted by molar-refractivity contribution is 0.0801. The molecule has 4 rings (SSSR count). The molecule has 0 radical (unpaired) electrons. The van der Waals surface area contributed by atoms with Crippen molar-refractivity contribution in [3.63, 3.8) is 0 Å². The van der Waals surface area contributed by atoms with Crippen molar-refractivity contribution in [1.29, 1.82) is 0 Å². The molecule has 0 unspecified atom stereocenters. The molecular weight excluding hydrogens is 298 g/mol. The van der Waals surface area contributed by atoms with E-state index in [-0.39, 0.29) is 5.91 Å². The summed E-state index contributed by atoms with van der Waals surface area (Å²) >= 11 is 0. The Morgan fingerprint density at radius 2 is 2.00 bits per heavy atom. The number of amides is 1. The maximum atomic E-state index is 12.8. The van der Waals surface area contributed by atoms with Gasteiger partial charge >= 0.3 is 0 Å². The van der Waals surface area contributed by atoms with E-state index in [1.807, 2.05) is 46.8 Å². The quantitative estimate of drug-likeness (QED) is 0.726. The van der Waals surface area contributed by atoms with E-state index in [4.69, 9.17) is 0 Å². The minimum atomic E-state index is 0.0578. The van der Waals surface area contributed by atoms with Crippen LogP contribution in [0.2, 0.25) is 0 Å². The first-order valence-corrected chi connectivity index (χ1v) is 8.09. The second-order valence-corrected chi connectivity index (χ2v) is 6.29. The van der Waals surface area contributed by atoms with Crippen molar-refractivity contribution in [3.05, 3.63) is 71.6 Å². The zero-order valence-corrected chi connectivity index (χ0v) is 13.9. The number of benzene rings is 2. The number of aryl methyl sites for hydroxylation is 2. The molecule has 0 aliphatic carbocycles. The van der Waals surface area contributed by atoms with Crippen LogP contribution >= 0.6 is 0 Å². The third-order valence-electron chi connectivity index (χ3n) is 4.67. The largest absolute Gasteiger partial charge is 0.334 e. The van der Waals surface area contributed by atoms with Gasteiger partial charge in [-0.15, -0.1) is 0 Å². The molecular formula is C20H19N3O. The molecule has 2 heterocycles. The second kappa shape index (κ2) is 5.64. The summed E-state index contributed by atoms with van der Waals surface area (Å²) in [6, 6.07) is 14.0. The van der Waals surface area contributed by atoms with Crippen LogP contribution in [0, 0.1) is 6.92 Å². The summed E-state index contributed by atoms with van der Waals surface area (Å²) in [4.78, 5) is 19.0. The van der Waals surface area contributed by atoms with Crippen LogP contribution < -0.4 is 0 Å². The molecule has 0 saturated carbocycles. The number of hydrogen-bond acceptors (Lipinski definition) is 2. The van der Waals surface area contributed by atoms with Crippen LogP contribution in [0.3, 0.4) is 0 Å². The Balaban J connectivity index is 1.56. The molecule has 1 aliphatic heterocycles. The van der Waals surface area contributed by atoms with Crippen molar-refractivity contribution < 1.29 is 4.79 Å². The van der Waals surface area contributed by atoms with Crippen molar-refractivity contribution in [1.82, 2.24) is 14.5 Å². The fourth-order valence-electron chi connectivity index (χ4n) is 3.29. The highest BCUT2D eigenvalue weighted by molar-refractivity contribution is 5.99. The van der Waals surface area contributed by atoms with Crippen LogP contribution in [0.5, 0.6) is 0 Å². The van der Waals surface area contributed by atoms with Gasteiger partial charge in [0.05, 0.1) is 17.4 Å². The van der Waals surface area contributed by atoms with Crippen LogP contribution in [0.25, 0.3) is 16.6 Å². The first-order chi connectivity index (χ1) is 11.6. The van der Waals surface area contributed by atoms with E-state index >= 15 is 0 Å². The monoisotopic (exact) mass is 317 g/mol. The molecule has 0 N–H and O–H groups in total. The van der Waals surface area contributed by atoms with E-state index in [9.17, 15) is 4.79 Å². The lowest BCUT2D eigenvalue weighted by atomic mass is 10.0. The molecule has 4 nitrogen and oxygen atoms in total. The summed E-state index contributed by atoms with van der Waals surface area (Å²) in [5.74, 6) is 0.0578. The Morgan fingerprint density at radius 3 is 2.83 bits per heavy atom. The molecule has 24 heavy (non-hydrogen) atoms. The molecule has 0 fully saturated rings. The van der Waals surface area contributed by atoms with Crippen molar-refractivity contribution in [2.45, 2.75) is 6.92 Å². The van der Waals surface area contributed by atoms with Gasteiger partial charge in [0.25, 0.3) is 5.91 Å². The lowest BCUT2D eigenvalue weighted by Gasteiger charge is -2.17. The highest BCUT2D eigenvalue weighted by Gasteiger charge is 2.22. The highest BCUT2D eigenvalue weighted by atomic mass is 16.2. The van der Waals surface area contributed by atoms with Gasteiger partial charge < -0.3 is 9.47 Å². The molecule has 2 aromatic carbocycles. The molecule has 4 heteroatoms. The summed E-state index contributed by atoms with van der Waals surface area (Å²) in [5, 5.41) is 0. The zero-order chi connectivity index (χ0) is 16.7. The van der Waals surface area contributed by atoms with Gasteiger partial charge in [-0.3, -0.25) is 4.79 Å². The average Bonchev–Trinajstić information content (AvgIpc) is 3.22. The lowest BCUT2D eigenvalue weighted by Crippen LogP contribution is -2.28. The number of aromatic nitrogens is 2. The standard InChI is InChI=1S/C20H19N3O/c1-14-5-3-4-6-17(14)16-9-10-23(12-16)20(24)15-7-8-19-18(11-15)21-13-22(19)2/h3-9,11,13H,10,12H2,1-2H3. The number of hydrogen-bond donors (Lipinski definition) is 0. The Kier molecular flexibility index (Phi) is 3.45. The highest BCUT2D eigenvalue weighted by Crippen LogP contribution is 2.25. The van der Waals surface area contributed by atoms with Crippen LogP contribution in [-0.2, 0) is 7.05 Å². The van der Waals surface area contributed by atoms with Gasteiger partial charge in [-0.05, 0) is 41.8 Å². The van der Waals surface area contributed by atoms with Crippen molar-refractivity contribution in [2.24, 2.45) is 7.05 Å². The molecule has 1 aromatic heterocycles. The molecule has 3 aromatic rings. The summed E-state index contributed by atoms with van der Waals surface area (Å²) in [5.41, 5.74) is 6.28. The third-order valence-corrected chi connectivity index (χ3v) is 4.67. The van der Waals surface area contributed by atoms with Crippen LogP contribution in [0.15, 0.2) is 54.9 Å². The van der Waals surface area contributed by atoms with Gasteiger partial charge in [0.1, 0.15) is 0 Å². The van der Waals surface area contributed by atoms with Gasteiger partial charge in [-0.25, -0.2) is 4.98 Å². The van der Waals surface area contributed by atoms with E-state index in [1.54, 1.807) is 6.33 Å². The number of nitrogens with zero attached hydrogens (tertiary/aromatic N) is 3. The third kappa shape index (κ3) is 2.40. The van der Waals surface area contributed by atoms with Crippen LogP contribution in [-0.4, -0.2) is 33.4 Å². The van der Waals surface area contributed by atoms with Gasteiger partial charge in [-0.1, -0.05) is 30.3 Å². The van der Waals surface area contributed by atoms with Crippen molar-refractivity contribution in [2.75, 3.05) is 13.1 Å². The molecule has 0 saturated heterocycles. The number of carbonyl (C=O) groups is 1. The predicted molar refractivity (Wildman–Crippen MR) is 95.8 cm³/mol. The molecule has 1 aliphatic rings. The normalized spacial score (nSPS) is 14.2. The Hall–Kier alpha value is -2.88. The minimum absolute atomic E-state index is 0.0578. The fourth-order valence-corrected chi connectivity index (χ4v) is 3.29. The molecule has 1 amide bonds. The first-order valence-electron chi connectivity index (χ1n) is 8.09. The van der Waals surface area contributed by atoms with Gasteiger partial charge in [-0.2, -0.15) is 0 Å². The van der Waals surface area contributed by atoms with E-state index < -0.39 is 0 Å². The number of carbonyl (C=O) groups excluding carboxylic acids is 1. The maximum absolute atomic E-state index is 12.8. The zero-order valence-electron chi connectivity index (χ0n) is 13.9.